The first-order valence-electron chi connectivity index (χ1n) is 14.7. The fourth-order valence-corrected chi connectivity index (χ4v) is 6.94. The number of amides is 2. The fraction of sp³-hybridized carbons (Fsp3) is 0.222. The van der Waals surface area contributed by atoms with Crippen molar-refractivity contribution in [3.63, 3.8) is 0 Å². The Hall–Kier alpha value is -4.00. The number of carbonyl (C=O) groups is 2. The third-order valence-electron chi connectivity index (χ3n) is 7.78. The van der Waals surface area contributed by atoms with Gasteiger partial charge >= 0.3 is 0 Å². The molecule has 0 bridgehead atoms. The van der Waals surface area contributed by atoms with Gasteiger partial charge in [-0.2, -0.15) is 0 Å². The van der Waals surface area contributed by atoms with Crippen molar-refractivity contribution < 1.29 is 9.59 Å². The third kappa shape index (κ3) is 5.44. The Bertz CT molecular complexity index is 1530. The number of aryl methyl sites for hydroxylation is 2. The van der Waals surface area contributed by atoms with Gasteiger partial charge in [-0.15, -0.1) is 22.7 Å². The summed E-state index contributed by atoms with van der Waals surface area (Å²) in [6.07, 6.45) is 10.4. The minimum Gasteiger partial charge on any atom is -0.276 e. The van der Waals surface area contributed by atoms with Gasteiger partial charge in [0.05, 0.1) is 32.3 Å². The summed E-state index contributed by atoms with van der Waals surface area (Å²) < 4.78 is 0. The molecule has 0 radical (unpaired) electrons. The number of benzene rings is 2. The van der Waals surface area contributed by atoms with E-state index in [1.807, 2.05) is 71.4 Å². The first-order valence-corrected chi connectivity index (χ1v) is 16.5. The molecule has 4 heterocycles. The van der Waals surface area contributed by atoms with Gasteiger partial charge in [0.1, 0.15) is 0 Å². The molecule has 4 aromatic rings. The van der Waals surface area contributed by atoms with Crippen molar-refractivity contribution >= 4 is 57.3 Å². The zero-order valence-electron chi connectivity index (χ0n) is 24.0. The molecule has 42 heavy (non-hydrogen) atoms. The Morgan fingerprint density at radius 2 is 0.976 bits per heavy atom. The lowest BCUT2D eigenvalue weighted by Gasteiger charge is -2.21. The minimum atomic E-state index is -0.179. The lowest BCUT2D eigenvalue weighted by atomic mass is 10.1. The molecule has 4 nitrogen and oxygen atoms in total. The first kappa shape index (κ1) is 28.1. The molecule has 0 unspecified atom stereocenters. The number of rotatable bonds is 10. The van der Waals surface area contributed by atoms with E-state index in [2.05, 4.69) is 38.1 Å². The van der Waals surface area contributed by atoms with Gasteiger partial charge in [0.2, 0.25) is 0 Å². The van der Waals surface area contributed by atoms with E-state index in [4.69, 9.17) is 0 Å². The number of hydrogen-bond donors (Lipinski definition) is 0. The molecule has 0 N–H and O–H groups in total. The molecule has 2 aliphatic heterocycles. The molecule has 2 aromatic heterocycles. The molecule has 6 heteroatoms. The number of carbonyl (C=O) groups excluding carboxylic acids is 2. The smallest absolute Gasteiger partial charge is 0.263 e. The van der Waals surface area contributed by atoms with Gasteiger partial charge in [-0.05, 0) is 96.1 Å². The highest BCUT2D eigenvalue weighted by Crippen LogP contribution is 2.42. The molecule has 0 aliphatic carbocycles. The van der Waals surface area contributed by atoms with Crippen LogP contribution in [0.2, 0.25) is 0 Å². The zero-order valence-corrected chi connectivity index (χ0v) is 25.6. The van der Waals surface area contributed by atoms with Crippen molar-refractivity contribution in [3.05, 3.63) is 128 Å². The Morgan fingerprint density at radius 3 is 1.31 bits per heavy atom. The minimum absolute atomic E-state index is 0.179. The quantitative estimate of drug-likeness (QED) is 0.173. The molecule has 6 rings (SSSR count). The largest absolute Gasteiger partial charge is 0.276 e. The summed E-state index contributed by atoms with van der Waals surface area (Å²) in [5.41, 5.74) is 6.60. The van der Waals surface area contributed by atoms with Crippen LogP contribution in [0.5, 0.6) is 0 Å². The highest BCUT2D eigenvalue weighted by molar-refractivity contribution is 7.11. The summed E-state index contributed by atoms with van der Waals surface area (Å²) in [5.74, 6) is -0.358. The maximum atomic E-state index is 14.2. The number of hydrogen-bond acceptors (Lipinski definition) is 4. The van der Waals surface area contributed by atoms with E-state index in [1.165, 1.54) is 11.1 Å². The fourth-order valence-electron chi connectivity index (χ4n) is 5.48. The van der Waals surface area contributed by atoms with Crippen LogP contribution in [0.3, 0.4) is 0 Å². The SMILES string of the molecule is CCCCc1ccc(N2C(=O)C(=C3C=C(c4cccs4)N(c4ccc(CCCC)cc4)C3=O)C=C2c2cccs2)cc1. The lowest BCUT2D eigenvalue weighted by molar-refractivity contribution is -0.116. The van der Waals surface area contributed by atoms with Crippen LogP contribution < -0.4 is 9.80 Å². The van der Waals surface area contributed by atoms with Crippen molar-refractivity contribution in [2.24, 2.45) is 0 Å². The van der Waals surface area contributed by atoms with Gasteiger partial charge < -0.3 is 0 Å². The Kier molecular flexibility index (Phi) is 8.36. The van der Waals surface area contributed by atoms with Crippen molar-refractivity contribution in [2.75, 3.05) is 9.80 Å². The van der Waals surface area contributed by atoms with E-state index in [1.54, 1.807) is 32.5 Å². The summed E-state index contributed by atoms with van der Waals surface area (Å²) in [7, 11) is 0. The normalized spacial score (nSPS) is 16.9. The van der Waals surface area contributed by atoms with Crippen LogP contribution in [-0.2, 0) is 22.4 Å². The molecule has 0 saturated heterocycles. The molecule has 212 valence electrons. The van der Waals surface area contributed by atoms with Gasteiger partial charge in [0, 0.05) is 11.4 Å². The van der Waals surface area contributed by atoms with Crippen LogP contribution in [-0.4, -0.2) is 11.8 Å². The van der Waals surface area contributed by atoms with E-state index in [-0.39, 0.29) is 11.8 Å². The van der Waals surface area contributed by atoms with E-state index < -0.39 is 0 Å². The van der Waals surface area contributed by atoms with Gasteiger partial charge in [0.15, 0.2) is 0 Å². The standard InChI is InChI=1S/C36H34N2O2S2/c1-3-5-9-25-13-17-27(18-14-25)37-31(33-11-7-21-41-33)23-29(35(37)39)30-24-32(34-12-8-22-42-34)38(36(30)40)28-19-15-26(16-20-28)10-6-4-2/h7-8,11-24H,3-6,9-10H2,1-2H3. The van der Waals surface area contributed by atoms with E-state index in [9.17, 15) is 9.59 Å². The van der Waals surface area contributed by atoms with Crippen LogP contribution in [0.4, 0.5) is 11.4 Å². The highest BCUT2D eigenvalue weighted by Gasteiger charge is 2.39. The summed E-state index contributed by atoms with van der Waals surface area (Å²) >= 11 is 3.18. The average Bonchev–Trinajstić information content (AvgIpc) is 3.83. The summed E-state index contributed by atoms with van der Waals surface area (Å²) in [6, 6.07) is 24.5. The van der Waals surface area contributed by atoms with Crippen molar-refractivity contribution in [1.82, 2.24) is 0 Å². The molecule has 2 aliphatic rings. The zero-order chi connectivity index (χ0) is 29.1. The number of unbranched alkanes of at least 4 members (excludes halogenated alkanes) is 2. The predicted octanol–water partition coefficient (Wildman–Crippen LogP) is 9.27. The van der Waals surface area contributed by atoms with Gasteiger partial charge in [0.25, 0.3) is 11.8 Å². The lowest BCUT2D eigenvalue weighted by Crippen LogP contribution is -2.28. The average molecular weight is 591 g/mol. The van der Waals surface area contributed by atoms with Crippen molar-refractivity contribution in [1.29, 1.82) is 0 Å². The van der Waals surface area contributed by atoms with Crippen molar-refractivity contribution in [3.8, 4) is 0 Å². The maximum Gasteiger partial charge on any atom is 0.263 e. The third-order valence-corrected chi connectivity index (χ3v) is 9.56. The Morgan fingerprint density at radius 1 is 0.571 bits per heavy atom. The highest BCUT2D eigenvalue weighted by atomic mass is 32.1. The number of anilines is 2. The second-order valence-electron chi connectivity index (χ2n) is 10.7. The topological polar surface area (TPSA) is 40.6 Å². The van der Waals surface area contributed by atoms with E-state index in [0.29, 0.717) is 11.1 Å². The molecule has 0 fully saturated rings. The second kappa shape index (κ2) is 12.5. The summed E-state index contributed by atoms with van der Waals surface area (Å²) in [4.78, 5) is 33.9. The van der Waals surface area contributed by atoms with Crippen LogP contribution in [0.1, 0.15) is 60.4 Å². The predicted molar refractivity (Wildman–Crippen MR) is 177 cm³/mol. The molecule has 0 saturated carbocycles. The van der Waals surface area contributed by atoms with Gasteiger partial charge in [-0.1, -0.05) is 63.1 Å². The Balaban J connectivity index is 1.42. The van der Waals surface area contributed by atoms with Gasteiger partial charge in [-0.25, -0.2) is 0 Å². The summed E-state index contributed by atoms with van der Waals surface area (Å²) in [6.45, 7) is 4.38. The molecule has 2 amide bonds. The molecular weight excluding hydrogens is 557 g/mol. The maximum absolute atomic E-state index is 14.2. The molecule has 2 aromatic carbocycles. The first-order chi connectivity index (χ1) is 20.6. The Labute approximate surface area is 255 Å². The molecule has 0 atom stereocenters. The number of thiophene rings is 2. The summed E-state index contributed by atoms with van der Waals surface area (Å²) in [5, 5.41) is 4.03. The van der Waals surface area contributed by atoms with Crippen LogP contribution in [0.15, 0.2) is 107 Å². The molecule has 0 spiro atoms. The number of nitrogens with zero attached hydrogens (tertiary/aromatic N) is 2. The van der Waals surface area contributed by atoms with E-state index in [0.717, 1.165) is 71.0 Å². The monoisotopic (exact) mass is 590 g/mol. The second-order valence-corrected chi connectivity index (χ2v) is 12.6. The van der Waals surface area contributed by atoms with Crippen LogP contribution in [0, 0.1) is 0 Å². The van der Waals surface area contributed by atoms with Crippen LogP contribution in [0.25, 0.3) is 11.4 Å². The van der Waals surface area contributed by atoms with Crippen LogP contribution >= 0.6 is 22.7 Å². The molecular formula is C36H34N2O2S2. The van der Waals surface area contributed by atoms with Crippen molar-refractivity contribution in [2.45, 2.75) is 52.4 Å². The van der Waals surface area contributed by atoms with Gasteiger partial charge in [-0.3, -0.25) is 19.4 Å². The van der Waals surface area contributed by atoms with E-state index >= 15 is 0 Å².